The van der Waals surface area contributed by atoms with Gasteiger partial charge in [0.05, 0.1) is 0 Å². The van der Waals surface area contributed by atoms with Crippen molar-refractivity contribution in [1.29, 1.82) is 0 Å². The molecule has 1 heteroatoms. The lowest BCUT2D eigenvalue weighted by atomic mass is 9.74. The summed E-state index contributed by atoms with van der Waals surface area (Å²) in [5, 5.41) is 4.32. The highest BCUT2D eigenvalue weighted by Crippen LogP contribution is 2.59. The van der Waals surface area contributed by atoms with Crippen molar-refractivity contribution < 1.29 is 0 Å². The van der Waals surface area contributed by atoms with Crippen LogP contribution in [0.2, 0.25) is 0 Å². The Kier molecular flexibility index (Phi) is 15.8. The Hall–Kier alpha value is -3.73. The van der Waals surface area contributed by atoms with E-state index in [2.05, 4.69) is 222 Å². The fourth-order valence-electron chi connectivity index (χ4n) is 8.99. The average molecular weight is 819 g/mol. The largest absolute Gasteiger partial charge is 0.0622 e. The summed E-state index contributed by atoms with van der Waals surface area (Å²) >= 11 is 0. The quantitative estimate of drug-likeness (QED) is 0.0729. The van der Waals surface area contributed by atoms with Gasteiger partial charge in [0.25, 0.3) is 0 Å². The van der Waals surface area contributed by atoms with Crippen molar-refractivity contribution in [3.8, 4) is 0 Å². The summed E-state index contributed by atoms with van der Waals surface area (Å²) in [6.07, 6.45) is 0. The normalized spacial score (nSPS) is 12.3. The maximum atomic E-state index is 2.60. The highest BCUT2D eigenvalue weighted by molar-refractivity contribution is 7.82. The van der Waals surface area contributed by atoms with Crippen LogP contribution in [0.5, 0.6) is 0 Å². The zero-order valence-electron chi connectivity index (χ0n) is 40.9. The molecule has 0 bridgehead atoms. The Labute approximate surface area is 369 Å². The lowest BCUT2D eigenvalue weighted by molar-refractivity contribution is 0.791. The van der Waals surface area contributed by atoms with Crippen LogP contribution in [0.1, 0.15) is 245 Å². The van der Waals surface area contributed by atoms with Crippen LogP contribution in [0, 0.1) is 0 Å². The van der Waals surface area contributed by atoms with Gasteiger partial charge in [0, 0.05) is 5.31 Å². The van der Waals surface area contributed by atoms with Crippen molar-refractivity contribution in [3.63, 3.8) is 0 Å². The van der Waals surface area contributed by atoms with Crippen molar-refractivity contribution >= 4 is 29.4 Å². The van der Waals surface area contributed by atoms with Crippen LogP contribution < -0.4 is 10.6 Å². The van der Waals surface area contributed by atoms with Crippen molar-refractivity contribution in [2.75, 3.05) is 0 Å². The molecule has 0 spiro atoms. The van der Waals surface area contributed by atoms with Gasteiger partial charge in [-0.3, -0.25) is 0 Å². The Morgan fingerprint density at radius 1 is 0.300 bits per heavy atom. The highest BCUT2D eigenvalue weighted by Gasteiger charge is 2.35. The lowest BCUT2D eigenvalue weighted by Crippen LogP contribution is -2.19. The van der Waals surface area contributed by atoms with E-state index in [4.69, 9.17) is 0 Å². The van der Waals surface area contributed by atoms with Gasteiger partial charge in [0.15, 0.2) is 0 Å². The molecule has 5 rings (SSSR count). The summed E-state index contributed by atoms with van der Waals surface area (Å²) in [6.45, 7) is 43.4. The molecule has 5 aromatic carbocycles. The van der Waals surface area contributed by atoms with E-state index >= 15 is 0 Å². The summed E-state index contributed by atoms with van der Waals surface area (Å²) in [7, 11) is -1.07. The molecular weight excluding hydrogens is 740 g/mol. The molecule has 320 valence electrons. The van der Waals surface area contributed by atoms with Gasteiger partial charge in [-0.2, -0.15) is 0 Å². The summed E-state index contributed by atoms with van der Waals surface area (Å²) < 4.78 is 0. The van der Waals surface area contributed by atoms with E-state index in [1.54, 1.807) is 0 Å². The second-order valence-corrected chi connectivity index (χ2v) is 22.5. The maximum absolute atomic E-state index is 2.60. The minimum Gasteiger partial charge on any atom is -0.0622 e. The third-order valence-electron chi connectivity index (χ3n) is 12.6. The first-order valence-corrected chi connectivity index (χ1v) is 24.8. The Morgan fingerprint density at radius 2 is 0.533 bits per heavy atom. The van der Waals surface area contributed by atoms with Crippen LogP contribution >= 0.6 is 7.92 Å². The Bertz CT molecular complexity index is 2030. The molecule has 0 saturated heterocycles. The zero-order chi connectivity index (χ0) is 44.3. The standard InChI is InChI=1S/C59H79P/c1-35(2)44-29-49(38(7)8)55(50(30-44)39(9)10)58(56-51(40(11)12)31-45(36(3)4)32-52(56)41(13)14)59(60(47-25-21-19-22-26-47)48-27-23-20-24-28-48)57-53(42(15)16)33-46(37(5)6)34-54(57)43(17)18/h19-43H,1-18H3. The van der Waals surface area contributed by atoms with Crippen LogP contribution in [0.25, 0.3) is 10.9 Å². The molecule has 0 unspecified atom stereocenters. The van der Waals surface area contributed by atoms with E-state index in [1.165, 1.54) is 88.3 Å². The fraction of sp³-hybridized carbons (Fsp3) is 0.458. The highest BCUT2D eigenvalue weighted by atomic mass is 31.1. The smallest absolute Gasteiger partial charge is 0.00121 e. The molecule has 5 aromatic rings. The minimum absolute atomic E-state index is 0.324. The molecule has 0 fully saturated rings. The summed E-state index contributed by atoms with van der Waals surface area (Å²) in [5.74, 6) is 3.23. The van der Waals surface area contributed by atoms with Gasteiger partial charge in [0.2, 0.25) is 0 Å². The SMILES string of the molecule is CC(C)c1cc(C(C)C)c(C(=C(c2c(C(C)C)cc(C(C)C)cc2C(C)C)P(c2ccccc2)c2ccccc2)c2c(C(C)C)cc(C(C)C)cc2C(C)C)c(C(C)C)c1. The van der Waals surface area contributed by atoms with Crippen LogP contribution in [0.3, 0.4) is 0 Å². The van der Waals surface area contributed by atoms with Gasteiger partial charge >= 0.3 is 0 Å². The van der Waals surface area contributed by atoms with Crippen molar-refractivity contribution in [2.24, 2.45) is 0 Å². The molecule has 0 aliphatic heterocycles. The summed E-state index contributed by atoms with van der Waals surface area (Å²) in [4.78, 5) is 0. The first-order valence-electron chi connectivity index (χ1n) is 23.4. The third kappa shape index (κ3) is 9.97. The van der Waals surface area contributed by atoms with Crippen molar-refractivity contribution in [1.82, 2.24) is 0 Å². The molecule has 0 aromatic heterocycles. The average Bonchev–Trinajstić information content (AvgIpc) is 3.19. The monoisotopic (exact) mass is 819 g/mol. The second kappa shape index (κ2) is 20.0. The molecular formula is C59H79P. The topological polar surface area (TPSA) is 0 Å². The molecule has 60 heavy (non-hydrogen) atoms. The van der Waals surface area contributed by atoms with Crippen LogP contribution in [0.4, 0.5) is 0 Å². The molecule has 0 N–H and O–H groups in total. The second-order valence-electron chi connectivity index (χ2n) is 20.3. The van der Waals surface area contributed by atoms with Gasteiger partial charge in [-0.05, 0) is 144 Å². The number of hydrogen-bond acceptors (Lipinski definition) is 0. The number of benzene rings is 5. The van der Waals surface area contributed by atoms with E-state index in [1.807, 2.05) is 0 Å². The summed E-state index contributed by atoms with van der Waals surface area (Å²) in [5.41, 5.74) is 19.1. The molecule has 0 aliphatic carbocycles. The molecule has 0 amide bonds. The van der Waals surface area contributed by atoms with Gasteiger partial charge in [-0.25, -0.2) is 0 Å². The van der Waals surface area contributed by atoms with Crippen molar-refractivity contribution in [3.05, 3.63) is 164 Å². The van der Waals surface area contributed by atoms with Crippen LogP contribution in [-0.4, -0.2) is 0 Å². The molecule has 0 heterocycles. The predicted molar refractivity (Wildman–Crippen MR) is 271 cm³/mol. The van der Waals surface area contributed by atoms with E-state index in [0.717, 1.165) is 0 Å². The maximum Gasteiger partial charge on any atom is 0.00121 e. The minimum atomic E-state index is -1.07. The Morgan fingerprint density at radius 3 is 0.750 bits per heavy atom. The van der Waals surface area contributed by atoms with E-state index < -0.39 is 7.92 Å². The number of rotatable bonds is 15. The van der Waals surface area contributed by atoms with Crippen molar-refractivity contribution in [2.45, 2.75) is 178 Å². The van der Waals surface area contributed by atoms with Crippen LogP contribution in [-0.2, 0) is 0 Å². The molecule has 0 saturated carbocycles. The van der Waals surface area contributed by atoms with Gasteiger partial charge in [-0.15, -0.1) is 0 Å². The lowest BCUT2D eigenvalue weighted by Gasteiger charge is -2.36. The molecule has 0 radical (unpaired) electrons. The zero-order valence-corrected chi connectivity index (χ0v) is 41.8. The van der Waals surface area contributed by atoms with Crippen LogP contribution in [0.15, 0.2) is 97.1 Å². The van der Waals surface area contributed by atoms with Gasteiger partial charge in [0.1, 0.15) is 0 Å². The van der Waals surface area contributed by atoms with E-state index in [-0.39, 0.29) is 0 Å². The van der Waals surface area contributed by atoms with Gasteiger partial charge in [-0.1, -0.05) is 222 Å². The van der Waals surface area contributed by atoms with E-state index in [0.29, 0.717) is 53.3 Å². The predicted octanol–water partition coefficient (Wildman–Crippen LogP) is 17.8. The third-order valence-corrected chi connectivity index (χ3v) is 15.1. The fourth-order valence-corrected chi connectivity index (χ4v) is 11.7. The first-order chi connectivity index (χ1) is 28.3. The molecule has 0 nitrogen and oxygen atoms in total. The van der Waals surface area contributed by atoms with E-state index in [9.17, 15) is 0 Å². The van der Waals surface area contributed by atoms with Gasteiger partial charge < -0.3 is 0 Å². The Balaban J connectivity index is 2.36. The first kappa shape index (κ1) is 47.3. The number of hydrogen-bond donors (Lipinski definition) is 0. The summed E-state index contributed by atoms with van der Waals surface area (Å²) in [6, 6.07) is 38.8. The molecule has 0 atom stereocenters. The molecule has 0 aliphatic rings.